The summed E-state index contributed by atoms with van der Waals surface area (Å²) >= 11 is 0. The van der Waals surface area contributed by atoms with E-state index in [0.29, 0.717) is 5.82 Å². The standard InChI is InChI=1S/C26H28N6O/c1-16-29-26(25(27)33)30-32(16)23-6-7-24-19(12-23)8-9-31(24)15-17-2-4-18(5-3-17)20-10-21-13-28-14-22(21)11-20/h2-9,12,20-22,28H,10-11,13-15H2,1H3,(H2,27,33). The maximum Gasteiger partial charge on any atom is 0.288 e. The van der Waals surface area contributed by atoms with E-state index in [-0.39, 0.29) is 5.82 Å². The molecule has 0 bridgehead atoms. The van der Waals surface area contributed by atoms with Crippen molar-refractivity contribution in [3.8, 4) is 5.69 Å². The fraction of sp³-hybridized carbons (Fsp3) is 0.346. The lowest BCUT2D eigenvalue weighted by molar-refractivity contribution is 0.0990. The Kier molecular flexibility index (Phi) is 4.80. The molecule has 1 saturated carbocycles. The Labute approximate surface area is 192 Å². The molecule has 3 heterocycles. The zero-order chi connectivity index (χ0) is 22.5. The molecule has 2 aromatic carbocycles. The molecule has 2 aliphatic rings. The minimum absolute atomic E-state index is 0.0334. The van der Waals surface area contributed by atoms with E-state index >= 15 is 0 Å². The molecule has 1 aliphatic carbocycles. The number of hydrogen-bond donors (Lipinski definition) is 2. The van der Waals surface area contributed by atoms with E-state index in [4.69, 9.17) is 5.73 Å². The van der Waals surface area contributed by atoms with Crippen molar-refractivity contribution < 1.29 is 4.79 Å². The summed E-state index contributed by atoms with van der Waals surface area (Å²) in [5, 5.41) is 8.89. The second-order valence-corrected chi connectivity index (χ2v) is 9.53. The topological polar surface area (TPSA) is 90.8 Å². The van der Waals surface area contributed by atoms with Crippen LogP contribution in [0.4, 0.5) is 0 Å². The predicted octanol–water partition coefficient (Wildman–Crippen LogP) is 3.39. The number of benzene rings is 2. The number of fused-ring (bicyclic) bond motifs is 2. The van der Waals surface area contributed by atoms with Gasteiger partial charge in [0, 0.05) is 23.6 Å². The zero-order valence-electron chi connectivity index (χ0n) is 18.7. The van der Waals surface area contributed by atoms with Crippen LogP contribution < -0.4 is 11.1 Å². The van der Waals surface area contributed by atoms with Crippen LogP contribution in [0.15, 0.2) is 54.7 Å². The lowest BCUT2D eigenvalue weighted by Gasteiger charge is -2.13. The Balaban J connectivity index is 1.20. The fourth-order valence-electron chi connectivity index (χ4n) is 5.73. The van der Waals surface area contributed by atoms with Crippen molar-refractivity contribution in [3.63, 3.8) is 0 Å². The second kappa shape index (κ2) is 7.85. The first kappa shape index (κ1) is 20.2. The van der Waals surface area contributed by atoms with Gasteiger partial charge in [0.25, 0.3) is 5.91 Å². The molecule has 7 nitrogen and oxygen atoms in total. The molecule has 2 aromatic heterocycles. The third kappa shape index (κ3) is 3.62. The van der Waals surface area contributed by atoms with Crippen LogP contribution in [0.5, 0.6) is 0 Å². The molecule has 0 spiro atoms. The lowest BCUT2D eigenvalue weighted by Crippen LogP contribution is -2.13. The van der Waals surface area contributed by atoms with E-state index in [1.807, 2.05) is 13.0 Å². The van der Waals surface area contributed by atoms with Gasteiger partial charge in [-0.1, -0.05) is 24.3 Å². The van der Waals surface area contributed by atoms with Crippen LogP contribution in [-0.4, -0.2) is 38.3 Å². The molecule has 6 rings (SSSR count). The summed E-state index contributed by atoms with van der Waals surface area (Å²) in [6.07, 6.45) is 4.78. The van der Waals surface area contributed by atoms with Crippen LogP contribution in [0.3, 0.4) is 0 Å². The maximum atomic E-state index is 11.4. The first-order chi connectivity index (χ1) is 16.0. The highest BCUT2D eigenvalue weighted by Gasteiger charge is 2.37. The quantitative estimate of drug-likeness (QED) is 0.498. The number of aromatic nitrogens is 4. The monoisotopic (exact) mass is 440 g/mol. The molecular formula is C26H28N6O. The molecule has 4 aromatic rings. The average Bonchev–Trinajstić information content (AvgIpc) is 3.57. The van der Waals surface area contributed by atoms with Gasteiger partial charge in [-0.25, -0.2) is 9.67 Å². The van der Waals surface area contributed by atoms with Crippen molar-refractivity contribution in [1.82, 2.24) is 24.6 Å². The summed E-state index contributed by atoms with van der Waals surface area (Å²) in [5.41, 5.74) is 10.1. The van der Waals surface area contributed by atoms with Gasteiger partial charge in [-0.3, -0.25) is 4.79 Å². The van der Waals surface area contributed by atoms with Crippen LogP contribution in [0.1, 0.15) is 46.3 Å². The van der Waals surface area contributed by atoms with Crippen molar-refractivity contribution in [2.75, 3.05) is 13.1 Å². The number of nitrogens with two attached hydrogens (primary N) is 1. The largest absolute Gasteiger partial charge is 0.363 e. The van der Waals surface area contributed by atoms with Gasteiger partial charge in [0.2, 0.25) is 5.82 Å². The van der Waals surface area contributed by atoms with E-state index in [1.54, 1.807) is 4.68 Å². The van der Waals surface area contributed by atoms with Gasteiger partial charge >= 0.3 is 0 Å². The third-order valence-electron chi connectivity index (χ3n) is 7.45. The Bertz CT molecular complexity index is 1320. The molecule has 3 N–H and O–H groups in total. The average molecular weight is 441 g/mol. The highest BCUT2D eigenvalue weighted by Crippen LogP contribution is 2.43. The van der Waals surface area contributed by atoms with E-state index in [1.165, 1.54) is 37.1 Å². The van der Waals surface area contributed by atoms with Gasteiger partial charge in [0.1, 0.15) is 5.82 Å². The summed E-state index contributed by atoms with van der Waals surface area (Å²) in [4.78, 5) is 15.6. The normalized spacial score (nSPS) is 22.2. The number of nitrogens with one attached hydrogen (secondary N) is 1. The Morgan fingerprint density at radius 1 is 1.09 bits per heavy atom. The zero-order valence-corrected chi connectivity index (χ0v) is 18.7. The van der Waals surface area contributed by atoms with Crippen molar-refractivity contribution in [1.29, 1.82) is 0 Å². The van der Waals surface area contributed by atoms with Gasteiger partial charge in [-0.05, 0) is 86.0 Å². The van der Waals surface area contributed by atoms with E-state index < -0.39 is 5.91 Å². The molecule has 0 radical (unpaired) electrons. The molecule has 2 fully saturated rings. The number of primary amides is 1. The number of carbonyl (C=O) groups excluding carboxylic acids is 1. The molecule has 1 aliphatic heterocycles. The lowest BCUT2D eigenvalue weighted by atomic mass is 9.95. The molecular weight excluding hydrogens is 412 g/mol. The van der Waals surface area contributed by atoms with Crippen LogP contribution >= 0.6 is 0 Å². The van der Waals surface area contributed by atoms with Crippen molar-refractivity contribution in [2.45, 2.75) is 32.2 Å². The van der Waals surface area contributed by atoms with Crippen molar-refractivity contribution in [3.05, 3.63) is 77.5 Å². The van der Waals surface area contributed by atoms with E-state index in [9.17, 15) is 4.79 Å². The van der Waals surface area contributed by atoms with Gasteiger partial charge < -0.3 is 15.6 Å². The minimum atomic E-state index is -0.622. The first-order valence-corrected chi connectivity index (χ1v) is 11.7. The fourth-order valence-corrected chi connectivity index (χ4v) is 5.73. The van der Waals surface area contributed by atoms with Crippen molar-refractivity contribution >= 4 is 16.8 Å². The van der Waals surface area contributed by atoms with E-state index in [0.717, 1.165) is 40.9 Å². The summed E-state index contributed by atoms with van der Waals surface area (Å²) in [6.45, 7) is 5.04. The molecule has 1 amide bonds. The molecule has 168 valence electrons. The SMILES string of the molecule is Cc1nc(C(N)=O)nn1-c1ccc2c(ccn2Cc2ccc(C3CC4CNCC4C3)cc2)c1. The summed E-state index contributed by atoms with van der Waals surface area (Å²) in [7, 11) is 0. The highest BCUT2D eigenvalue weighted by molar-refractivity contribution is 5.88. The summed E-state index contributed by atoms with van der Waals surface area (Å²) in [5.74, 6) is 2.50. The highest BCUT2D eigenvalue weighted by atomic mass is 16.1. The van der Waals surface area contributed by atoms with Gasteiger partial charge in [-0.15, -0.1) is 5.10 Å². The second-order valence-electron chi connectivity index (χ2n) is 9.53. The molecule has 1 saturated heterocycles. The molecule has 2 unspecified atom stereocenters. The Hall–Kier alpha value is -3.45. The maximum absolute atomic E-state index is 11.4. The van der Waals surface area contributed by atoms with Gasteiger partial charge in [0.15, 0.2) is 0 Å². The first-order valence-electron chi connectivity index (χ1n) is 11.7. The molecule has 2 atom stereocenters. The van der Waals surface area contributed by atoms with Crippen LogP contribution in [0.2, 0.25) is 0 Å². The molecule has 7 heteroatoms. The van der Waals surface area contributed by atoms with Gasteiger partial charge in [0.05, 0.1) is 5.69 Å². The number of aryl methyl sites for hydroxylation is 1. The van der Waals surface area contributed by atoms with Crippen LogP contribution in [-0.2, 0) is 6.54 Å². The number of amides is 1. The number of carbonyl (C=O) groups is 1. The van der Waals surface area contributed by atoms with Crippen molar-refractivity contribution in [2.24, 2.45) is 17.6 Å². The van der Waals surface area contributed by atoms with E-state index in [2.05, 4.69) is 68.6 Å². The molecule has 33 heavy (non-hydrogen) atoms. The Morgan fingerprint density at radius 2 is 1.85 bits per heavy atom. The predicted molar refractivity (Wildman–Crippen MR) is 127 cm³/mol. The summed E-state index contributed by atoms with van der Waals surface area (Å²) < 4.78 is 3.92. The van der Waals surface area contributed by atoms with Crippen LogP contribution in [0.25, 0.3) is 16.6 Å². The summed E-state index contributed by atoms with van der Waals surface area (Å²) in [6, 6.07) is 17.5. The minimum Gasteiger partial charge on any atom is -0.363 e. The Morgan fingerprint density at radius 3 is 2.55 bits per heavy atom. The number of nitrogens with zero attached hydrogens (tertiary/aromatic N) is 4. The number of hydrogen-bond acceptors (Lipinski definition) is 4. The number of rotatable bonds is 5. The smallest absolute Gasteiger partial charge is 0.288 e. The third-order valence-corrected chi connectivity index (χ3v) is 7.45. The van der Waals surface area contributed by atoms with Crippen LogP contribution in [0, 0.1) is 18.8 Å². The van der Waals surface area contributed by atoms with Gasteiger partial charge in [-0.2, -0.15) is 0 Å².